The van der Waals surface area contributed by atoms with Crippen molar-refractivity contribution in [3.63, 3.8) is 0 Å². The number of nitrogens with zero attached hydrogens (tertiary/aromatic N) is 6. The highest BCUT2D eigenvalue weighted by Gasteiger charge is 2.33. The Bertz CT molecular complexity index is 1750. The van der Waals surface area contributed by atoms with Gasteiger partial charge in [-0.2, -0.15) is 4.99 Å². The van der Waals surface area contributed by atoms with Gasteiger partial charge in [-0.1, -0.05) is 61.2 Å². The fraction of sp³-hybridized carbons (Fsp3) is 0.226. The van der Waals surface area contributed by atoms with Crippen LogP contribution >= 0.6 is 11.8 Å². The van der Waals surface area contributed by atoms with Gasteiger partial charge < -0.3 is 4.74 Å². The first-order chi connectivity index (χ1) is 21.0. The van der Waals surface area contributed by atoms with Crippen molar-refractivity contribution in [2.24, 2.45) is 4.99 Å². The number of hydrogen-bond donors (Lipinski definition) is 1. The molecule has 3 aromatic carbocycles. The van der Waals surface area contributed by atoms with Gasteiger partial charge in [-0.15, -0.1) is 18.3 Å². The van der Waals surface area contributed by atoms with Crippen LogP contribution in [0.2, 0.25) is 0 Å². The second kappa shape index (κ2) is 11.8. The van der Waals surface area contributed by atoms with Crippen LogP contribution in [0.5, 0.6) is 5.75 Å². The number of amidine groups is 1. The van der Waals surface area contributed by atoms with Crippen molar-refractivity contribution >= 4 is 28.6 Å². The molecule has 0 saturated carbocycles. The van der Waals surface area contributed by atoms with E-state index in [4.69, 9.17) is 0 Å². The van der Waals surface area contributed by atoms with E-state index < -0.39 is 12.4 Å². The molecule has 0 bridgehead atoms. The summed E-state index contributed by atoms with van der Waals surface area (Å²) in [5.74, 6) is 1.21. The molecule has 3 heterocycles. The molecule has 13 heteroatoms. The summed E-state index contributed by atoms with van der Waals surface area (Å²) in [4.78, 5) is 23.7. The normalized spacial score (nSPS) is 17.0. The molecule has 2 amide bonds. The molecule has 1 saturated heterocycles. The number of aryl methyl sites for hydroxylation is 1. The Morgan fingerprint density at radius 1 is 1.14 bits per heavy atom. The van der Waals surface area contributed by atoms with Crippen molar-refractivity contribution in [3.05, 3.63) is 102 Å². The van der Waals surface area contributed by atoms with Gasteiger partial charge in [0.25, 0.3) is 0 Å². The maximum absolute atomic E-state index is 12.9. The molecular weight excluding hydrogens is 591 g/mol. The van der Waals surface area contributed by atoms with Crippen LogP contribution in [0.3, 0.4) is 0 Å². The molecule has 1 fully saturated rings. The summed E-state index contributed by atoms with van der Waals surface area (Å²) in [5, 5.41) is 6.77. The van der Waals surface area contributed by atoms with Gasteiger partial charge in [-0.25, -0.2) is 19.5 Å². The molecule has 1 N–H and O–H groups in total. The maximum atomic E-state index is 12.9. The zero-order valence-electron chi connectivity index (χ0n) is 24.0. The van der Waals surface area contributed by atoms with E-state index in [0.717, 1.165) is 33.8 Å². The van der Waals surface area contributed by atoms with E-state index in [0.29, 0.717) is 29.1 Å². The number of ether oxygens (including phenoxy) is 1. The number of hydrazine groups is 1. The number of nitrogens with one attached hydrogen (secondary N) is 1. The fourth-order valence-corrected chi connectivity index (χ4v) is 6.13. The molecular formula is C31H28F3N7O2S. The lowest BCUT2D eigenvalue weighted by Crippen LogP contribution is -2.38. The number of allylic oxidation sites excluding steroid dienone is 1. The van der Waals surface area contributed by atoms with Crippen LogP contribution < -0.4 is 15.1 Å². The number of benzene rings is 3. The van der Waals surface area contributed by atoms with Crippen molar-refractivity contribution in [1.82, 2.24) is 25.2 Å². The Balaban J connectivity index is 1.07. The van der Waals surface area contributed by atoms with Crippen LogP contribution in [0.4, 0.5) is 23.7 Å². The number of aliphatic imine (C=N–C) groups is 1. The molecule has 9 nitrogen and oxygen atoms in total. The monoisotopic (exact) mass is 619 g/mol. The highest BCUT2D eigenvalue weighted by molar-refractivity contribution is 8.14. The minimum absolute atomic E-state index is 0.303. The van der Waals surface area contributed by atoms with E-state index in [2.05, 4.69) is 68.3 Å². The molecule has 44 heavy (non-hydrogen) atoms. The number of fused-ring (bicyclic) bond motifs is 3. The highest BCUT2D eigenvalue weighted by Crippen LogP contribution is 2.43. The second-order valence-corrected chi connectivity index (χ2v) is 11.5. The summed E-state index contributed by atoms with van der Waals surface area (Å²) >= 11 is 1.55. The summed E-state index contributed by atoms with van der Waals surface area (Å²) in [6, 6.07) is 18.8. The van der Waals surface area contributed by atoms with E-state index in [1.807, 2.05) is 24.3 Å². The predicted molar refractivity (Wildman–Crippen MR) is 164 cm³/mol. The minimum Gasteiger partial charge on any atom is -0.406 e. The lowest BCUT2D eigenvalue weighted by atomic mass is 9.93. The van der Waals surface area contributed by atoms with E-state index >= 15 is 0 Å². The van der Waals surface area contributed by atoms with Crippen LogP contribution in [0.1, 0.15) is 29.5 Å². The van der Waals surface area contributed by atoms with Crippen LogP contribution in [0, 0.1) is 6.92 Å². The first kappa shape index (κ1) is 29.5. The summed E-state index contributed by atoms with van der Waals surface area (Å²) in [6.07, 6.45) is -1.03. The van der Waals surface area contributed by atoms with E-state index in [-0.39, 0.29) is 5.75 Å². The van der Waals surface area contributed by atoms with Crippen molar-refractivity contribution < 1.29 is 22.7 Å². The zero-order valence-corrected chi connectivity index (χ0v) is 24.9. The Kier molecular flexibility index (Phi) is 7.91. The molecule has 1 atom stereocenters. The van der Waals surface area contributed by atoms with E-state index in [1.165, 1.54) is 40.8 Å². The molecule has 226 valence electrons. The summed E-state index contributed by atoms with van der Waals surface area (Å²) in [7, 11) is 1.77. The number of alkyl halides is 3. The molecule has 2 aliphatic heterocycles. The standard InChI is InChI=1S/C31H28F3N7O2S/c1-19-4-13-26-20(2)15-24-17-44-30(41(24)27(26)14-19)36-29(42)38-39(3)16-21-5-7-22(8-6-21)28-35-18-40(37-28)23-9-11-25(12-10-23)43-31(32,33)34/h4-15,18,20H,16-17H2,1-3H3,(H,38,42)/b36-30-. The number of thioether (sulfide) groups is 1. The average molecular weight is 620 g/mol. The Labute approximate surface area is 256 Å². The van der Waals surface area contributed by atoms with Crippen molar-refractivity contribution in [2.45, 2.75) is 32.7 Å². The fourth-order valence-electron chi connectivity index (χ4n) is 5.13. The number of amides is 2. The van der Waals surface area contributed by atoms with Crippen LogP contribution in [-0.4, -0.2) is 50.1 Å². The number of rotatable bonds is 6. The number of aromatic nitrogens is 3. The summed E-state index contributed by atoms with van der Waals surface area (Å²) < 4.78 is 42.6. The molecule has 1 aromatic heterocycles. The SMILES string of the molecule is Cc1ccc2c(c1)N1C(=CC2C)CS/C1=N\C(=O)NN(C)Cc1ccc(-c2ncn(-c3ccc(OC(F)(F)F)cc3)n2)cc1. The first-order valence-electron chi connectivity index (χ1n) is 13.7. The third kappa shape index (κ3) is 6.48. The van der Waals surface area contributed by atoms with Gasteiger partial charge in [-0.3, -0.25) is 10.3 Å². The summed E-state index contributed by atoms with van der Waals surface area (Å²) in [5.41, 5.74) is 9.66. The van der Waals surface area contributed by atoms with E-state index in [9.17, 15) is 18.0 Å². The minimum atomic E-state index is -4.75. The molecule has 4 aromatic rings. The molecule has 2 aliphatic rings. The van der Waals surface area contributed by atoms with Crippen LogP contribution in [-0.2, 0) is 6.54 Å². The second-order valence-electron chi connectivity index (χ2n) is 10.6. The number of hydrogen-bond acceptors (Lipinski definition) is 6. The lowest BCUT2D eigenvalue weighted by molar-refractivity contribution is -0.274. The zero-order chi connectivity index (χ0) is 31.0. The van der Waals surface area contributed by atoms with Gasteiger partial charge in [0.2, 0.25) is 0 Å². The quantitative estimate of drug-likeness (QED) is 0.237. The number of urea groups is 1. The van der Waals surface area contributed by atoms with Crippen molar-refractivity contribution in [1.29, 1.82) is 0 Å². The van der Waals surface area contributed by atoms with Crippen molar-refractivity contribution in [3.8, 4) is 22.8 Å². The largest absolute Gasteiger partial charge is 0.573 e. The molecule has 0 aliphatic carbocycles. The maximum Gasteiger partial charge on any atom is 0.573 e. The van der Waals surface area contributed by atoms with Crippen LogP contribution in [0.15, 0.2) is 89.8 Å². The molecule has 0 spiro atoms. The van der Waals surface area contributed by atoms with Gasteiger partial charge in [0.05, 0.1) is 11.4 Å². The van der Waals surface area contributed by atoms with Gasteiger partial charge in [0.1, 0.15) is 12.1 Å². The molecule has 1 unspecified atom stereocenters. The number of anilines is 1. The number of carbonyl (C=O) groups is 1. The third-order valence-electron chi connectivity index (χ3n) is 7.13. The van der Waals surface area contributed by atoms with Crippen LogP contribution in [0.25, 0.3) is 17.1 Å². The first-order valence-corrected chi connectivity index (χ1v) is 14.7. The Morgan fingerprint density at radius 3 is 2.61 bits per heavy atom. The third-order valence-corrected chi connectivity index (χ3v) is 8.10. The molecule has 0 radical (unpaired) electrons. The molecule has 6 rings (SSSR count). The summed E-state index contributed by atoms with van der Waals surface area (Å²) in [6.45, 7) is 4.67. The topological polar surface area (TPSA) is 87.9 Å². The number of carbonyl (C=O) groups excluding carboxylic acids is 1. The number of halogens is 3. The Morgan fingerprint density at radius 2 is 1.89 bits per heavy atom. The van der Waals surface area contributed by atoms with E-state index in [1.54, 1.807) is 23.8 Å². The van der Waals surface area contributed by atoms with Gasteiger partial charge >= 0.3 is 12.4 Å². The average Bonchev–Trinajstić information content (AvgIpc) is 3.61. The smallest absolute Gasteiger partial charge is 0.406 e. The highest BCUT2D eigenvalue weighted by atomic mass is 32.2. The lowest BCUT2D eigenvalue weighted by Gasteiger charge is -2.30. The predicted octanol–water partition coefficient (Wildman–Crippen LogP) is 6.81. The Hall–Kier alpha value is -4.62. The van der Waals surface area contributed by atoms with Gasteiger partial charge in [0, 0.05) is 36.5 Å². The van der Waals surface area contributed by atoms with Gasteiger partial charge in [-0.05, 0) is 53.9 Å². The van der Waals surface area contributed by atoms with Crippen molar-refractivity contribution in [2.75, 3.05) is 17.7 Å². The van der Waals surface area contributed by atoms with Gasteiger partial charge in [0.15, 0.2) is 11.0 Å².